The predicted octanol–water partition coefficient (Wildman–Crippen LogP) is 4.38. The summed E-state index contributed by atoms with van der Waals surface area (Å²) in [6.07, 6.45) is 0.866. The molecule has 0 radical (unpaired) electrons. The lowest BCUT2D eigenvalue weighted by Crippen LogP contribution is -2.14. The molecule has 2 aromatic rings. The minimum absolute atomic E-state index is 0.0938. The summed E-state index contributed by atoms with van der Waals surface area (Å²) in [5.41, 5.74) is 0.677. The van der Waals surface area contributed by atoms with Gasteiger partial charge in [-0.25, -0.2) is 0 Å². The first-order valence-corrected chi connectivity index (χ1v) is 10.4. The van der Waals surface area contributed by atoms with Gasteiger partial charge in [0.2, 0.25) is 5.91 Å². The van der Waals surface area contributed by atoms with Crippen LogP contribution < -0.4 is 24.3 Å². The lowest BCUT2D eigenvalue weighted by molar-refractivity contribution is -0.113. The van der Waals surface area contributed by atoms with Crippen LogP contribution in [-0.4, -0.2) is 38.1 Å². The fraction of sp³-hybridized carbons (Fsp3) is 0.381. The van der Waals surface area contributed by atoms with E-state index in [0.29, 0.717) is 43.6 Å². The predicted molar refractivity (Wildman–Crippen MR) is 110 cm³/mol. The molecule has 1 N–H and O–H groups in total. The van der Waals surface area contributed by atoms with Crippen LogP contribution >= 0.6 is 11.8 Å². The summed E-state index contributed by atoms with van der Waals surface area (Å²) >= 11 is 1.45. The lowest BCUT2D eigenvalue weighted by atomic mass is 10.2. The van der Waals surface area contributed by atoms with Crippen molar-refractivity contribution in [2.24, 2.45) is 0 Å². The van der Waals surface area contributed by atoms with Crippen LogP contribution in [0.4, 0.5) is 5.69 Å². The van der Waals surface area contributed by atoms with E-state index in [9.17, 15) is 4.79 Å². The summed E-state index contributed by atoms with van der Waals surface area (Å²) in [5.74, 6) is 2.97. The highest BCUT2D eigenvalue weighted by Crippen LogP contribution is 2.34. The zero-order chi connectivity index (χ0) is 19.8. The Labute approximate surface area is 169 Å². The van der Waals surface area contributed by atoms with Crippen LogP contribution in [0, 0.1) is 0 Å². The number of thioether (sulfide) groups is 1. The van der Waals surface area contributed by atoms with Crippen LogP contribution in [0.15, 0.2) is 41.3 Å². The van der Waals surface area contributed by atoms with Crippen LogP contribution in [-0.2, 0) is 4.79 Å². The van der Waals surface area contributed by atoms with Gasteiger partial charge in [0.05, 0.1) is 32.2 Å². The zero-order valence-corrected chi connectivity index (χ0v) is 17.0. The first kappa shape index (κ1) is 20.2. The van der Waals surface area contributed by atoms with Crippen LogP contribution in [0.25, 0.3) is 0 Å². The Kier molecular flexibility index (Phi) is 7.31. The largest absolute Gasteiger partial charge is 0.490 e. The molecule has 1 aliphatic heterocycles. The zero-order valence-electron chi connectivity index (χ0n) is 16.2. The van der Waals surface area contributed by atoms with Gasteiger partial charge in [0.25, 0.3) is 0 Å². The SMILES string of the molecule is CCOc1ccc(NC(=O)CSc2ccc3c(c2)OCCCO3)cc1OCC. The number of benzene rings is 2. The smallest absolute Gasteiger partial charge is 0.234 e. The molecule has 0 fully saturated rings. The third kappa shape index (κ3) is 5.48. The molecule has 7 heteroatoms. The number of anilines is 1. The van der Waals surface area contributed by atoms with Gasteiger partial charge in [-0.05, 0) is 44.2 Å². The van der Waals surface area contributed by atoms with E-state index in [2.05, 4.69) is 5.32 Å². The molecule has 0 bridgehead atoms. The number of fused-ring (bicyclic) bond motifs is 1. The maximum Gasteiger partial charge on any atom is 0.234 e. The molecular formula is C21H25NO5S. The molecule has 2 aromatic carbocycles. The molecule has 6 nitrogen and oxygen atoms in total. The molecule has 1 amide bonds. The number of hydrogen-bond donors (Lipinski definition) is 1. The Morgan fingerprint density at radius 2 is 1.75 bits per heavy atom. The van der Waals surface area contributed by atoms with Gasteiger partial charge < -0.3 is 24.3 Å². The molecule has 0 saturated carbocycles. The quantitative estimate of drug-likeness (QED) is 0.660. The molecule has 28 heavy (non-hydrogen) atoms. The monoisotopic (exact) mass is 403 g/mol. The highest BCUT2D eigenvalue weighted by molar-refractivity contribution is 8.00. The van der Waals surface area contributed by atoms with Gasteiger partial charge >= 0.3 is 0 Å². The lowest BCUT2D eigenvalue weighted by Gasteiger charge is -2.13. The van der Waals surface area contributed by atoms with E-state index in [-0.39, 0.29) is 11.7 Å². The van der Waals surface area contributed by atoms with Crippen molar-refractivity contribution in [1.29, 1.82) is 0 Å². The van der Waals surface area contributed by atoms with Gasteiger partial charge in [-0.2, -0.15) is 0 Å². The van der Waals surface area contributed by atoms with Crippen molar-refractivity contribution < 1.29 is 23.7 Å². The highest BCUT2D eigenvalue weighted by atomic mass is 32.2. The normalized spacial score (nSPS) is 12.8. The molecule has 0 saturated heterocycles. The summed E-state index contributed by atoms with van der Waals surface area (Å²) in [6, 6.07) is 11.1. The standard InChI is InChI=1S/C21H25NO5S/c1-3-24-17-8-6-15(12-19(17)25-4-2)22-21(23)14-28-16-7-9-18-20(13-16)27-11-5-10-26-18/h6-9,12-13H,3-5,10-11,14H2,1-2H3,(H,22,23). The van der Waals surface area contributed by atoms with Crippen LogP contribution in [0.1, 0.15) is 20.3 Å². The van der Waals surface area contributed by atoms with E-state index in [4.69, 9.17) is 18.9 Å². The summed E-state index contributed by atoms with van der Waals surface area (Å²) in [7, 11) is 0. The van der Waals surface area contributed by atoms with Gasteiger partial charge in [-0.15, -0.1) is 11.8 Å². The second-order valence-electron chi connectivity index (χ2n) is 6.02. The maximum atomic E-state index is 12.3. The number of amides is 1. The Morgan fingerprint density at radius 1 is 1.00 bits per heavy atom. The van der Waals surface area contributed by atoms with E-state index in [1.807, 2.05) is 38.1 Å². The Morgan fingerprint density at radius 3 is 2.54 bits per heavy atom. The first-order chi connectivity index (χ1) is 13.7. The molecule has 1 aliphatic rings. The second-order valence-corrected chi connectivity index (χ2v) is 7.07. The van der Waals surface area contributed by atoms with E-state index in [1.165, 1.54) is 11.8 Å². The maximum absolute atomic E-state index is 12.3. The molecule has 0 aromatic heterocycles. The first-order valence-electron chi connectivity index (χ1n) is 9.41. The van der Waals surface area contributed by atoms with Gasteiger partial charge in [-0.3, -0.25) is 4.79 Å². The minimum Gasteiger partial charge on any atom is -0.490 e. The summed E-state index contributed by atoms with van der Waals surface area (Å²) in [5, 5.41) is 2.90. The molecule has 3 rings (SSSR count). The number of hydrogen-bond acceptors (Lipinski definition) is 6. The minimum atomic E-state index is -0.0938. The summed E-state index contributed by atoms with van der Waals surface area (Å²) < 4.78 is 22.5. The van der Waals surface area contributed by atoms with Crippen LogP contribution in [0.5, 0.6) is 23.0 Å². The molecule has 0 aliphatic carbocycles. The summed E-state index contributed by atoms with van der Waals surface area (Å²) in [4.78, 5) is 13.3. The Hall–Kier alpha value is -2.54. The van der Waals surface area contributed by atoms with Gasteiger partial charge in [0.1, 0.15) is 0 Å². The molecule has 150 valence electrons. The average Bonchev–Trinajstić information content (AvgIpc) is 2.93. The van der Waals surface area contributed by atoms with E-state index in [0.717, 1.165) is 22.8 Å². The Balaban J connectivity index is 1.58. The fourth-order valence-electron chi connectivity index (χ4n) is 2.71. The van der Waals surface area contributed by atoms with Gasteiger partial charge in [0.15, 0.2) is 23.0 Å². The molecule has 0 unspecified atom stereocenters. The van der Waals surface area contributed by atoms with E-state index in [1.54, 1.807) is 12.1 Å². The molecule has 0 spiro atoms. The number of carbonyl (C=O) groups excluding carboxylic acids is 1. The molecule has 1 heterocycles. The number of rotatable bonds is 8. The van der Waals surface area contributed by atoms with Gasteiger partial charge in [-0.1, -0.05) is 0 Å². The van der Waals surface area contributed by atoms with Crippen molar-refractivity contribution in [3.05, 3.63) is 36.4 Å². The number of carbonyl (C=O) groups is 1. The van der Waals surface area contributed by atoms with Gasteiger partial charge in [0, 0.05) is 23.1 Å². The highest BCUT2D eigenvalue weighted by Gasteiger charge is 2.13. The van der Waals surface area contributed by atoms with E-state index < -0.39 is 0 Å². The average molecular weight is 404 g/mol. The Bertz CT molecular complexity index is 811. The van der Waals surface area contributed by atoms with Crippen molar-refractivity contribution in [3.63, 3.8) is 0 Å². The van der Waals surface area contributed by atoms with Crippen molar-refractivity contribution in [1.82, 2.24) is 0 Å². The second kappa shape index (κ2) is 10.1. The van der Waals surface area contributed by atoms with Crippen molar-refractivity contribution in [2.75, 3.05) is 37.5 Å². The van der Waals surface area contributed by atoms with Crippen molar-refractivity contribution in [2.45, 2.75) is 25.2 Å². The van der Waals surface area contributed by atoms with Crippen molar-refractivity contribution in [3.8, 4) is 23.0 Å². The number of ether oxygens (including phenoxy) is 4. The number of nitrogens with one attached hydrogen (secondary N) is 1. The third-order valence-electron chi connectivity index (χ3n) is 3.92. The molecule has 0 atom stereocenters. The van der Waals surface area contributed by atoms with E-state index >= 15 is 0 Å². The fourth-order valence-corrected chi connectivity index (χ4v) is 3.43. The topological polar surface area (TPSA) is 66.0 Å². The van der Waals surface area contributed by atoms with Crippen LogP contribution in [0.2, 0.25) is 0 Å². The molecular weight excluding hydrogens is 378 g/mol. The summed E-state index contributed by atoms with van der Waals surface area (Å²) in [6.45, 7) is 6.21. The third-order valence-corrected chi connectivity index (χ3v) is 4.91. The van der Waals surface area contributed by atoms with Crippen molar-refractivity contribution >= 4 is 23.4 Å². The van der Waals surface area contributed by atoms with Crippen LogP contribution in [0.3, 0.4) is 0 Å².